The van der Waals surface area contributed by atoms with Crippen LogP contribution >= 0.6 is 0 Å². The number of hydrogen-bond donors (Lipinski definition) is 1. The normalized spacial score (nSPS) is 26.5. The summed E-state index contributed by atoms with van der Waals surface area (Å²) >= 11 is 0. The number of rotatable bonds is 0. The number of carbonyl (C=O) groups excluding carboxylic acids is 1. The lowest BCUT2D eigenvalue weighted by Crippen LogP contribution is -2.41. The molecular formula is C15H16N2O. The first-order valence-electron chi connectivity index (χ1n) is 6.60. The molecule has 92 valence electrons. The van der Waals surface area contributed by atoms with Gasteiger partial charge in [-0.2, -0.15) is 0 Å². The van der Waals surface area contributed by atoms with E-state index in [0.717, 1.165) is 19.4 Å². The fraction of sp³-hybridized carbons (Fsp3) is 0.400. The van der Waals surface area contributed by atoms with Crippen LogP contribution in [-0.4, -0.2) is 22.3 Å². The monoisotopic (exact) mass is 240 g/mol. The van der Waals surface area contributed by atoms with Crippen molar-refractivity contribution in [3.63, 3.8) is 0 Å². The van der Waals surface area contributed by atoms with E-state index in [1.807, 2.05) is 0 Å². The zero-order valence-electron chi connectivity index (χ0n) is 10.5. The van der Waals surface area contributed by atoms with Gasteiger partial charge in [0, 0.05) is 30.1 Å². The summed E-state index contributed by atoms with van der Waals surface area (Å²) in [5.41, 5.74) is 3.76. The third kappa shape index (κ3) is 1.07. The Kier molecular flexibility index (Phi) is 1.79. The SMILES string of the molecule is CC12CCC(=O)N1CCc1c[nH]c3cccc2c13. The van der Waals surface area contributed by atoms with Gasteiger partial charge in [0.05, 0.1) is 5.54 Å². The summed E-state index contributed by atoms with van der Waals surface area (Å²) in [4.78, 5) is 17.5. The molecule has 0 saturated carbocycles. The maximum atomic E-state index is 12.1. The second-order valence-corrected chi connectivity index (χ2v) is 5.61. The van der Waals surface area contributed by atoms with Gasteiger partial charge in [0.2, 0.25) is 5.91 Å². The van der Waals surface area contributed by atoms with Crippen molar-refractivity contribution in [2.45, 2.75) is 31.7 Å². The van der Waals surface area contributed by atoms with Crippen LogP contribution < -0.4 is 0 Å². The molecule has 3 heteroatoms. The molecule has 2 aliphatic rings. The summed E-state index contributed by atoms with van der Waals surface area (Å²) in [6.07, 6.45) is 4.69. The first kappa shape index (κ1) is 10.2. The Morgan fingerprint density at radius 2 is 2.22 bits per heavy atom. The van der Waals surface area contributed by atoms with Crippen molar-refractivity contribution in [1.82, 2.24) is 9.88 Å². The van der Waals surface area contributed by atoms with E-state index in [4.69, 9.17) is 0 Å². The van der Waals surface area contributed by atoms with E-state index in [1.54, 1.807) is 0 Å². The van der Waals surface area contributed by atoms with E-state index in [0.29, 0.717) is 12.3 Å². The quantitative estimate of drug-likeness (QED) is 0.754. The highest BCUT2D eigenvalue weighted by Gasteiger charge is 2.44. The molecule has 1 saturated heterocycles. The van der Waals surface area contributed by atoms with E-state index >= 15 is 0 Å². The van der Waals surface area contributed by atoms with Crippen LogP contribution in [0.2, 0.25) is 0 Å². The lowest BCUT2D eigenvalue weighted by molar-refractivity contribution is -0.131. The van der Waals surface area contributed by atoms with Gasteiger partial charge in [-0.25, -0.2) is 0 Å². The van der Waals surface area contributed by atoms with Gasteiger partial charge in [-0.15, -0.1) is 0 Å². The maximum absolute atomic E-state index is 12.1. The summed E-state index contributed by atoms with van der Waals surface area (Å²) in [5.74, 6) is 0.309. The van der Waals surface area contributed by atoms with Gasteiger partial charge in [-0.05, 0) is 37.0 Å². The molecule has 1 amide bonds. The zero-order chi connectivity index (χ0) is 12.3. The van der Waals surface area contributed by atoms with Crippen molar-refractivity contribution in [2.24, 2.45) is 0 Å². The van der Waals surface area contributed by atoms with Crippen molar-refractivity contribution in [3.8, 4) is 0 Å². The van der Waals surface area contributed by atoms with E-state index < -0.39 is 0 Å². The molecular weight excluding hydrogens is 224 g/mol. The van der Waals surface area contributed by atoms with Crippen LogP contribution in [0.15, 0.2) is 24.4 Å². The van der Waals surface area contributed by atoms with Crippen LogP contribution in [0.1, 0.15) is 30.9 Å². The van der Waals surface area contributed by atoms with Crippen molar-refractivity contribution in [3.05, 3.63) is 35.5 Å². The van der Waals surface area contributed by atoms with Gasteiger partial charge >= 0.3 is 0 Å². The Labute approximate surface area is 106 Å². The summed E-state index contributed by atoms with van der Waals surface area (Å²) in [6.45, 7) is 3.06. The first-order valence-corrected chi connectivity index (χ1v) is 6.60. The molecule has 1 aromatic carbocycles. The third-order valence-corrected chi connectivity index (χ3v) is 4.69. The standard InChI is InChI=1S/C15H16N2O/c1-15-7-5-13(18)17(15)8-6-10-9-16-12-4-2-3-11(15)14(10)12/h2-4,9,16H,5-8H2,1H3. The third-order valence-electron chi connectivity index (χ3n) is 4.69. The van der Waals surface area contributed by atoms with Gasteiger partial charge in [0.15, 0.2) is 0 Å². The largest absolute Gasteiger partial charge is 0.361 e. The lowest BCUT2D eigenvalue weighted by Gasteiger charge is -2.34. The topological polar surface area (TPSA) is 36.1 Å². The van der Waals surface area contributed by atoms with Crippen molar-refractivity contribution < 1.29 is 4.79 Å². The van der Waals surface area contributed by atoms with E-state index in [-0.39, 0.29) is 5.54 Å². The fourth-order valence-corrected chi connectivity index (χ4v) is 3.68. The number of hydrogen-bond acceptors (Lipinski definition) is 1. The molecule has 2 aromatic rings. The first-order chi connectivity index (χ1) is 8.70. The zero-order valence-corrected chi connectivity index (χ0v) is 10.5. The fourth-order valence-electron chi connectivity index (χ4n) is 3.68. The molecule has 1 fully saturated rings. The molecule has 18 heavy (non-hydrogen) atoms. The van der Waals surface area contributed by atoms with Crippen LogP contribution in [0.5, 0.6) is 0 Å². The molecule has 0 aliphatic carbocycles. The van der Waals surface area contributed by atoms with E-state index in [9.17, 15) is 4.79 Å². The number of amides is 1. The predicted octanol–water partition coefficient (Wildman–Crippen LogP) is 2.56. The number of carbonyl (C=O) groups is 1. The van der Waals surface area contributed by atoms with Gasteiger partial charge in [-0.1, -0.05) is 12.1 Å². The van der Waals surface area contributed by atoms with Gasteiger partial charge < -0.3 is 9.88 Å². The van der Waals surface area contributed by atoms with Crippen LogP contribution in [0.3, 0.4) is 0 Å². The van der Waals surface area contributed by atoms with Gasteiger partial charge in [0.25, 0.3) is 0 Å². The number of aromatic nitrogens is 1. The minimum Gasteiger partial charge on any atom is -0.361 e. The predicted molar refractivity (Wildman–Crippen MR) is 70.3 cm³/mol. The Bertz CT molecular complexity index is 658. The minimum absolute atomic E-state index is 0.107. The molecule has 1 atom stereocenters. The maximum Gasteiger partial charge on any atom is 0.223 e. The van der Waals surface area contributed by atoms with Crippen LogP contribution in [-0.2, 0) is 16.8 Å². The Morgan fingerprint density at radius 3 is 3.11 bits per heavy atom. The Morgan fingerprint density at radius 1 is 1.33 bits per heavy atom. The van der Waals surface area contributed by atoms with Crippen LogP contribution in [0, 0.1) is 0 Å². The molecule has 1 aromatic heterocycles. The summed E-state index contributed by atoms with van der Waals surface area (Å²) < 4.78 is 0. The molecule has 4 rings (SSSR count). The number of nitrogens with one attached hydrogen (secondary N) is 1. The second kappa shape index (κ2) is 3.16. The average Bonchev–Trinajstić information content (AvgIpc) is 2.87. The van der Waals surface area contributed by atoms with Crippen molar-refractivity contribution in [1.29, 1.82) is 0 Å². The summed E-state index contributed by atoms with van der Waals surface area (Å²) in [5, 5.41) is 1.34. The summed E-state index contributed by atoms with van der Waals surface area (Å²) in [7, 11) is 0. The Balaban J connectivity index is 2.07. The van der Waals surface area contributed by atoms with Crippen molar-refractivity contribution in [2.75, 3.05) is 6.54 Å². The van der Waals surface area contributed by atoms with Gasteiger partial charge in [0.1, 0.15) is 0 Å². The van der Waals surface area contributed by atoms with Crippen LogP contribution in [0.25, 0.3) is 10.9 Å². The molecule has 1 N–H and O–H groups in total. The second-order valence-electron chi connectivity index (χ2n) is 5.61. The lowest BCUT2D eigenvalue weighted by atomic mass is 9.87. The number of fused-ring (bicyclic) bond motifs is 2. The highest BCUT2D eigenvalue weighted by molar-refractivity contribution is 5.90. The van der Waals surface area contributed by atoms with E-state index in [2.05, 4.69) is 41.2 Å². The summed E-state index contributed by atoms with van der Waals surface area (Å²) in [6, 6.07) is 6.41. The highest BCUT2D eigenvalue weighted by atomic mass is 16.2. The molecule has 3 heterocycles. The number of benzene rings is 1. The van der Waals surface area contributed by atoms with Crippen LogP contribution in [0.4, 0.5) is 0 Å². The van der Waals surface area contributed by atoms with Gasteiger partial charge in [-0.3, -0.25) is 4.79 Å². The smallest absolute Gasteiger partial charge is 0.223 e. The molecule has 0 bridgehead atoms. The molecule has 1 unspecified atom stereocenters. The van der Waals surface area contributed by atoms with Crippen molar-refractivity contribution >= 4 is 16.8 Å². The number of aromatic amines is 1. The molecule has 2 aliphatic heterocycles. The molecule has 0 spiro atoms. The average molecular weight is 240 g/mol. The minimum atomic E-state index is -0.107. The molecule has 3 nitrogen and oxygen atoms in total. The van der Waals surface area contributed by atoms with E-state index in [1.165, 1.54) is 22.0 Å². The molecule has 0 radical (unpaired) electrons. The number of nitrogens with zero attached hydrogens (tertiary/aromatic N) is 1. The number of H-pyrrole nitrogens is 1. The Hall–Kier alpha value is -1.77. The highest BCUT2D eigenvalue weighted by Crippen LogP contribution is 2.44.